The summed E-state index contributed by atoms with van der Waals surface area (Å²) < 4.78 is 0. The monoisotopic (exact) mass is 349 g/mol. The average Bonchev–Trinajstić information content (AvgIpc) is 2.71. The number of likely N-dealkylation sites (tertiary alicyclic amines) is 2. The molecule has 0 N–H and O–H groups in total. The second kappa shape index (κ2) is 7.89. The quantitative estimate of drug-likeness (QED) is 0.826. The number of benzene rings is 1. The van der Waals surface area contributed by atoms with Crippen molar-refractivity contribution >= 4 is 0 Å². The van der Waals surface area contributed by atoms with Crippen molar-refractivity contribution in [3.05, 3.63) is 66.0 Å². The second-order valence-corrected chi connectivity index (χ2v) is 8.24. The molecule has 0 aliphatic carbocycles. The van der Waals surface area contributed by atoms with Crippen LogP contribution in [-0.2, 0) is 6.54 Å². The Morgan fingerprint density at radius 1 is 1.00 bits per heavy atom. The van der Waals surface area contributed by atoms with E-state index in [-0.39, 0.29) is 0 Å². The molecule has 0 amide bonds. The normalized spacial score (nSPS) is 24.0. The summed E-state index contributed by atoms with van der Waals surface area (Å²) in [6, 6.07) is 17.4. The van der Waals surface area contributed by atoms with Gasteiger partial charge >= 0.3 is 0 Å². The minimum atomic E-state index is 0.495. The fraction of sp³-hybridized carbons (Fsp3) is 0.522. The minimum absolute atomic E-state index is 0.495. The van der Waals surface area contributed by atoms with Gasteiger partial charge in [0, 0.05) is 25.8 Å². The van der Waals surface area contributed by atoms with E-state index in [9.17, 15) is 0 Å². The van der Waals surface area contributed by atoms with Crippen molar-refractivity contribution in [2.45, 2.75) is 38.6 Å². The maximum absolute atomic E-state index is 4.50. The zero-order valence-electron chi connectivity index (χ0n) is 16.0. The first-order valence-electron chi connectivity index (χ1n) is 10.2. The van der Waals surface area contributed by atoms with Gasteiger partial charge in [-0.1, -0.05) is 43.3 Å². The number of hydrogen-bond acceptors (Lipinski definition) is 3. The summed E-state index contributed by atoms with van der Waals surface area (Å²) in [6.45, 7) is 9.39. The lowest BCUT2D eigenvalue weighted by Crippen LogP contribution is -2.51. The summed E-state index contributed by atoms with van der Waals surface area (Å²) in [5.74, 6) is 0.687. The molecule has 2 saturated heterocycles. The fourth-order valence-corrected chi connectivity index (χ4v) is 4.96. The molecule has 3 nitrogen and oxygen atoms in total. The summed E-state index contributed by atoms with van der Waals surface area (Å²) in [5.41, 5.74) is 3.22. The van der Waals surface area contributed by atoms with Crippen molar-refractivity contribution in [3.8, 4) is 0 Å². The van der Waals surface area contributed by atoms with Crippen LogP contribution in [0.2, 0.25) is 0 Å². The third-order valence-electron chi connectivity index (χ3n) is 6.46. The summed E-state index contributed by atoms with van der Waals surface area (Å²) >= 11 is 0. The van der Waals surface area contributed by atoms with E-state index in [4.69, 9.17) is 0 Å². The number of rotatable bonds is 4. The van der Waals surface area contributed by atoms with E-state index >= 15 is 0 Å². The predicted octanol–water partition coefficient (Wildman–Crippen LogP) is 4.17. The van der Waals surface area contributed by atoms with Gasteiger partial charge in [-0.3, -0.25) is 9.88 Å². The number of piperidine rings is 2. The van der Waals surface area contributed by atoms with E-state index in [1.807, 2.05) is 12.3 Å². The minimum Gasteiger partial charge on any atom is -0.302 e. The lowest BCUT2D eigenvalue weighted by atomic mass is 9.68. The van der Waals surface area contributed by atoms with Gasteiger partial charge in [-0.05, 0) is 67.9 Å². The van der Waals surface area contributed by atoms with Crippen LogP contribution < -0.4 is 0 Å². The Labute approximate surface area is 158 Å². The van der Waals surface area contributed by atoms with Gasteiger partial charge in [0.15, 0.2) is 0 Å². The van der Waals surface area contributed by atoms with Gasteiger partial charge < -0.3 is 4.90 Å². The summed E-state index contributed by atoms with van der Waals surface area (Å²) in [7, 11) is 0. The standard InChI is InChI=1S/C23H31N3/c1-2-25-17-21(20-8-4-3-5-9-20)16-23(19-25)11-14-26(15-12-23)18-22-10-6-7-13-24-22/h3-10,13,21H,2,11-12,14-19H2,1H3/t21-/m1/s1. The largest absolute Gasteiger partial charge is 0.302 e. The molecule has 1 aromatic carbocycles. The van der Waals surface area contributed by atoms with Crippen LogP contribution in [0.4, 0.5) is 0 Å². The van der Waals surface area contributed by atoms with Gasteiger partial charge in [0.25, 0.3) is 0 Å². The van der Waals surface area contributed by atoms with Crippen LogP contribution in [0.15, 0.2) is 54.7 Å². The summed E-state index contributed by atoms with van der Waals surface area (Å²) in [4.78, 5) is 9.79. The smallest absolute Gasteiger partial charge is 0.0543 e. The fourth-order valence-electron chi connectivity index (χ4n) is 4.96. The number of hydrogen-bond donors (Lipinski definition) is 0. The maximum atomic E-state index is 4.50. The summed E-state index contributed by atoms with van der Waals surface area (Å²) in [5, 5.41) is 0. The number of aromatic nitrogens is 1. The second-order valence-electron chi connectivity index (χ2n) is 8.24. The highest BCUT2D eigenvalue weighted by Crippen LogP contribution is 2.45. The Hall–Kier alpha value is -1.71. The Morgan fingerprint density at radius 3 is 2.46 bits per heavy atom. The molecular weight excluding hydrogens is 318 g/mol. The van der Waals surface area contributed by atoms with Crippen molar-refractivity contribution in [2.75, 3.05) is 32.7 Å². The zero-order valence-corrected chi connectivity index (χ0v) is 16.0. The predicted molar refractivity (Wildman–Crippen MR) is 107 cm³/mol. The highest BCUT2D eigenvalue weighted by molar-refractivity contribution is 5.21. The molecule has 1 spiro atoms. The van der Waals surface area contributed by atoms with E-state index in [2.05, 4.69) is 64.2 Å². The maximum Gasteiger partial charge on any atom is 0.0543 e. The molecule has 1 atom stereocenters. The van der Waals surface area contributed by atoms with Crippen molar-refractivity contribution in [1.29, 1.82) is 0 Å². The molecule has 2 aliphatic rings. The average molecular weight is 350 g/mol. The molecule has 0 saturated carbocycles. The van der Waals surface area contributed by atoms with E-state index in [0.29, 0.717) is 11.3 Å². The molecule has 0 unspecified atom stereocenters. The van der Waals surface area contributed by atoms with Crippen LogP contribution in [0.1, 0.15) is 43.4 Å². The molecule has 1 aromatic heterocycles. The lowest BCUT2D eigenvalue weighted by molar-refractivity contribution is 0.0135. The van der Waals surface area contributed by atoms with Crippen molar-refractivity contribution in [2.24, 2.45) is 5.41 Å². The van der Waals surface area contributed by atoms with Gasteiger partial charge in [-0.25, -0.2) is 0 Å². The molecule has 3 heteroatoms. The van der Waals surface area contributed by atoms with Crippen LogP contribution in [0.5, 0.6) is 0 Å². The highest BCUT2D eigenvalue weighted by atomic mass is 15.2. The number of nitrogens with zero attached hydrogens (tertiary/aromatic N) is 3. The number of likely N-dealkylation sites (N-methyl/N-ethyl adjacent to an activating group) is 1. The molecule has 0 radical (unpaired) electrons. The van der Waals surface area contributed by atoms with Crippen LogP contribution in [0.25, 0.3) is 0 Å². The van der Waals surface area contributed by atoms with Crippen molar-refractivity contribution in [1.82, 2.24) is 14.8 Å². The lowest BCUT2D eigenvalue weighted by Gasteiger charge is -2.50. The molecule has 138 valence electrons. The molecule has 3 heterocycles. The Morgan fingerprint density at radius 2 is 1.77 bits per heavy atom. The van der Waals surface area contributed by atoms with Crippen LogP contribution in [-0.4, -0.2) is 47.5 Å². The van der Waals surface area contributed by atoms with Crippen LogP contribution in [0, 0.1) is 5.41 Å². The molecular formula is C23H31N3. The van der Waals surface area contributed by atoms with Crippen molar-refractivity contribution in [3.63, 3.8) is 0 Å². The zero-order chi connectivity index (χ0) is 17.8. The topological polar surface area (TPSA) is 19.4 Å². The van der Waals surface area contributed by atoms with Gasteiger partial charge in [0.1, 0.15) is 0 Å². The molecule has 26 heavy (non-hydrogen) atoms. The van der Waals surface area contributed by atoms with Crippen LogP contribution >= 0.6 is 0 Å². The van der Waals surface area contributed by atoms with Gasteiger partial charge in [0.05, 0.1) is 5.69 Å². The van der Waals surface area contributed by atoms with E-state index in [1.54, 1.807) is 0 Å². The molecule has 4 rings (SSSR count). The highest BCUT2D eigenvalue weighted by Gasteiger charge is 2.41. The van der Waals surface area contributed by atoms with Crippen LogP contribution in [0.3, 0.4) is 0 Å². The van der Waals surface area contributed by atoms with E-state index in [0.717, 1.165) is 6.54 Å². The molecule has 2 aliphatic heterocycles. The molecule has 2 fully saturated rings. The number of pyridine rings is 1. The first kappa shape index (κ1) is 17.7. The van der Waals surface area contributed by atoms with Gasteiger partial charge in [0.2, 0.25) is 0 Å². The van der Waals surface area contributed by atoms with Gasteiger partial charge in [-0.2, -0.15) is 0 Å². The van der Waals surface area contributed by atoms with E-state index in [1.165, 1.54) is 63.2 Å². The summed E-state index contributed by atoms with van der Waals surface area (Å²) in [6.07, 6.45) is 5.90. The molecule has 0 bridgehead atoms. The Balaban J connectivity index is 1.43. The first-order valence-corrected chi connectivity index (χ1v) is 10.2. The van der Waals surface area contributed by atoms with E-state index < -0.39 is 0 Å². The van der Waals surface area contributed by atoms with Crippen molar-refractivity contribution < 1.29 is 0 Å². The Kier molecular flexibility index (Phi) is 5.37. The first-order chi connectivity index (χ1) is 12.8. The Bertz CT molecular complexity index is 677. The van der Waals surface area contributed by atoms with Gasteiger partial charge in [-0.15, -0.1) is 0 Å². The SMILES string of the molecule is CCN1C[C@H](c2ccccc2)CC2(CCN(Cc3ccccn3)CC2)C1. The third kappa shape index (κ3) is 3.99. The molecule has 2 aromatic rings. The third-order valence-corrected chi connectivity index (χ3v) is 6.46.